The number of benzene rings is 1. The van der Waals surface area contributed by atoms with Crippen LogP contribution in [0.2, 0.25) is 10.0 Å². The average molecular weight is 307 g/mol. The van der Waals surface area contributed by atoms with Crippen molar-refractivity contribution in [1.29, 1.82) is 0 Å². The van der Waals surface area contributed by atoms with Crippen LogP contribution in [0.1, 0.15) is 19.3 Å². The maximum Gasteiger partial charge on any atom is 0.120 e. The van der Waals surface area contributed by atoms with Crippen LogP contribution in [-0.4, -0.2) is 33.4 Å². The summed E-state index contributed by atoms with van der Waals surface area (Å²) in [5, 5.41) is 3.41. The van der Waals surface area contributed by atoms with Crippen molar-refractivity contribution in [2.45, 2.75) is 19.3 Å². The third kappa shape index (κ3) is 7.63. The average Bonchev–Trinajstić information content (AvgIpc) is 2.41. The number of quaternary nitrogens is 1. The number of halogens is 2. The molecule has 2 N–H and O–H groups in total. The summed E-state index contributed by atoms with van der Waals surface area (Å²) in [5.41, 5.74) is 0. The van der Waals surface area contributed by atoms with Gasteiger partial charge in [-0.15, -0.1) is 0 Å². The zero-order valence-electron chi connectivity index (χ0n) is 11.3. The highest BCUT2D eigenvalue weighted by molar-refractivity contribution is 6.42. The number of unbranched alkanes of at least 4 members (excludes halogenated alkanes) is 1. The van der Waals surface area contributed by atoms with Crippen LogP contribution >= 0.6 is 23.2 Å². The molecule has 0 radical (unpaired) electrons. The van der Waals surface area contributed by atoms with Gasteiger partial charge in [-0.05, 0) is 25.0 Å². The van der Waals surface area contributed by atoms with E-state index in [0.717, 1.165) is 44.7 Å². The lowest BCUT2D eigenvalue weighted by Crippen LogP contribution is -2.84. The molecule has 0 bridgehead atoms. The van der Waals surface area contributed by atoms with Gasteiger partial charge in [0.15, 0.2) is 0 Å². The molecule has 1 rings (SSSR count). The van der Waals surface area contributed by atoms with Crippen LogP contribution < -0.4 is 10.1 Å². The van der Waals surface area contributed by atoms with Gasteiger partial charge in [-0.1, -0.05) is 23.2 Å². The minimum absolute atomic E-state index is 0.533. The second-order valence-corrected chi connectivity index (χ2v) is 5.16. The van der Waals surface area contributed by atoms with Crippen LogP contribution in [0.5, 0.6) is 5.75 Å². The van der Waals surface area contributed by atoms with Crippen LogP contribution in [0.3, 0.4) is 0 Å². The lowest BCUT2D eigenvalue weighted by atomic mass is 10.3. The smallest absolute Gasteiger partial charge is 0.120 e. The zero-order chi connectivity index (χ0) is 13.9. The number of methoxy groups -OCH3 is 1. The minimum Gasteiger partial charge on any atom is -0.494 e. The van der Waals surface area contributed by atoms with Crippen molar-refractivity contribution in [3.63, 3.8) is 0 Å². The van der Waals surface area contributed by atoms with Crippen LogP contribution in [0.25, 0.3) is 0 Å². The first-order valence-corrected chi connectivity index (χ1v) is 7.38. The summed E-state index contributed by atoms with van der Waals surface area (Å²) in [6, 6.07) is 5.34. The summed E-state index contributed by atoms with van der Waals surface area (Å²) in [7, 11) is 1.74. The number of ether oxygens (including phenoxy) is 2. The molecule has 0 saturated heterocycles. The van der Waals surface area contributed by atoms with Gasteiger partial charge in [0.2, 0.25) is 0 Å². The first kappa shape index (κ1) is 16.6. The van der Waals surface area contributed by atoms with E-state index >= 15 is 0 Å². The standard InChI is InChI=1S/C14H21Cl2NO2/c1-18-9-4-8-17-7-2-3-10-19-12-5-6-13(15)14(16)11-12/h5-6,11,17H,2-4,7-10H2,1H3/p+1. The quantitative estimate of drug-likeness (QED) is 0.675. The van der Waals surface area contributed by atoms with Crippen molar-refractivity contribution in [2.75, 3.05) is 33.4 Å². The Morgan fingerprint density at radius 2 is 1.79 bits per heavy atom. The third-order valence-corrected chi connectivity index (χ3v) is 3.46. The molecular formula is C14H22Cl2NO2+. The van der Waals surface area contributed by atoms with E-state index in [2.05, 4.69) is 5.32 Å². The van der Waals surface area contributed by atoms with Crippen LogP contribution in [0.15, 0.2) is 18.2 Å². The molecule has 0 aliphatic carbocycles. The highest BCUT2D eigenvalue weighted by atomic mass is 35.5. The van der Waals surface area contributed by atoms with E-state index < -0.39 is 0 Å². The molecule has 1 aromatic carbocycles. The van der Waals surface area contributed by atoms with E-state index in [1.807, 2.05) is 6.07 Å². The molecule has 0 spiro atoms. The Balaban J connectivity index is 2.00. The molecule has 0 aliphatic rings. The summed E-state index contributed by atoms with van der Waals surface area (Å²) < 4.78 is 10.6. The monoisotopic (exact) mass is 306 g/mol. The molecular weight excluding hydrogens is 285 g/mol. The highest BCUT2D eigenvalue weighted by Crippen LogP contribution is 2.26. The molecule has 108 valence electrons. The van der Waals surface area contributed by atoms with Gasteiger partial charge in [-0.2, -0.15) is 0 Å². The van der Waals surface area contributed by atoms with Gasteiger partial charge in [-0.25, -0.2) is 0 Å². The molecule has 5 heteroatoms. The zero-order valence-corrected chi connectivity index (χ0v) is 12.8. The van der Waals surface area contributed by atoms with Crippen LogP contribution in [0.4, 0.5) is 0 Å². The van der Waals surface area contributed by atoms with Crippen LogP contribution in [0, 0.1) is 0 Å². The molecule has 0 unspecified atom stereocenters. The maximum absolute atomic E-state index is 5.91. The number of nitrogens with two attached hydrogens (primary N) is 1. The van der Waals surface area contributed by atoms with Gasteiger partial charge in [0.05, 0.1) is 36.3 Å². The molecule has 0 heterocycles. The van der Waals surface area contributed by atoms with E-state index in [0.29, 0.717) is 16.7 Å². The summed E-state index contributed by atoms with van der Waals surface area (Å²) >= 11 is 11.7. The Morgan fingerprint density at radius 1 is 1.00 bits per heavy atom. The number of hydrogen-bond donors (Lipinski definition) is 1. The molecule has 0 atom stereocenters. The Hall–Kier alpha value is -0.480. The summed E-state index contributed by atoms with van der Waals surface area (Å²) in [6.45, 7) is 3.82. The fourth-order valence-corrected chi connectivity index (χ4v) is 1.95. The van der Waals surface area contributed by atoms with Crippen molar-refractivity contribution in [2.24, 2.45) is 0 Å². The molecule has 0 fully saturated rings. The minimum atomic E-state index is 0.533. The molecule has 0 saturated carbocycles. The van der Waals surface area contributed by atoms with Gasteiger partial charge in [0, 0.05) is 19.6 Å². The second-order valence-electron chi connectivity index (χ2n) is 4.34. The number of rotatable bonds is 10. The molecule has 19 heavy (non-hydrogen) atoms. The van der Waals surface area contributed by atoms with E-state index in [1.54, 1.807) is 19.2 Å². The molecule has 0 aliphatic heterocycles. The Labute approximate surface area is 125 Å². The summed E-state index contributed by atoms with van der Waals surface area (Å²) in [6.07, 6.45) is 3.30. The predicted octanol–water partition coefficient (Wildman–Crippen LogP) is 2.75. The van der Waals surface area contributed by atoms with Gasteiger partial charge < -0.3 is 14.8 Å². The Kier molecular flexibility index (Phi) is 9.01. The second kappa shape index (κ2) is 10.3. The van der Waals surface area contributed by atoms with Gasteiger partial charge >= 0.3 is 0 Å². The van der Waals surface area contributed by atoms with E-state index in [4.69, 9.17) is 32.7 Å². The number of hydrogen-bond acceptors (Lipinski definition) is 2. The largest absolute Gasteiger partial charge is 0.494 e. The van der Waals surface area contributed by atoms with Crippen molar-refractivity contribution in [1.82, 2.24) is 0 Å². The highest BCUT2D eigenvalue weighted by Gasteiger charge is 2.00. The molecule has 3 nitrogen and oxygen atoms in total. The lowest BCUT2D eigenvalue weighted by molar-refractivity contribution is -0.655. The molecule has 0 amide bonds. The molecule has 1 aromatic rings. The third-order valence-electron chi connectivity index (χ3n) is 2.72. The Morgan fingerprint density at radius 3 is 2.53 bits per heavy atom. The van der Waals surface area contributed by atoms with Gasteiger partial charge in [0.1, 0.15) is 5.75 Å². The maximum atomic E-state index is 5.91. The van der Waals surface area contributed by atoms with E-state index in [-0.39, 0.29) is 0 Å². The van der Waals surface area contributed by atoms with E-state index in [1.165, 1.54) is 0 Å². The topological polar surface area (TPSA) is 35.1 Å². The SMILES string of the molecule is COCCC[NH2+]CCCCOc1ccc(Cl)c(Cl)c1. The van der Waals surface area contributed by atoms with Crippen molar-refractivity contribution in [3.05, 3.63) is 28.2 Å². The Bertz CT molecular complexity index is 361. The van der Waals surface area contributed by atoms with Crippen LogP contribution in [-0.2, 0) is 4.74 Å². The fourth-order valence-electron chi connectivity index (χ4n) is 1.66. The van der Waals surface area contributed by atoms with Crippen molar-refractivity contribution >= 4 is 23.2 Å². The summed E-state index contributed by atoms with van der Waals surface area (Å²) in [5.74, 6) is 0.776. The van der Waals surface area contributed by atoms with Gasteiger partial charge in [-0.3, -0.25) is 0 Å². The first-order valence-electron chi connectivity index (χ1n) is 6.62. The molecule has 0 aromatic heterocycles. The van der Waals surface area contributed by atoms with Crippen molar-refractivity contribution in [3.8, 4) is 5.75 Å². The summed E-state index contributed by atoms with van der Waals surface area (Å²) in [4.78, 5) is 0. The predicted molar refractivity (Wildman–Crippen MR) is 79.3 cm³/mol. The van der Waals surface area contributed by atoms with E-state index in [9.17, 15) is 0 Å². The van der Waals surface area contributed by atoms with Gasteiger partial charge in [0.25, 0.3) is 0 Å². The van der Waals surface area contributed by atoms with Crippen molar-refractivity contribution < 1.29 is 14.8 Å². The normalized spacial score (nSPS) is 10.7. The lowest BCUT2D eigenvalue weighted by Gasteiger charge is -2.07. The first-order chi connectivity index (χ1) is 9.24. The fraction of sp³-hybridized carbons (Fsp3) is 0.571.